The quantitative estimate of drug-likeness (QED) is 0.756. The minimum atomic E-state index is -3.36. The largest absolute Gasteiger partial charge is 0.511 e. The van der Waals surface area contributed by atoms with Crippen LogP contribution in [0.4, 0.5) is 4.79 Å². The molecule has 0 atom stereocenters. The van der Waals surface area contributed by atoms with Crippen LogP contribution in [0.15, 0.2) is 28.0 Å². The Labute approximate surface area is 112 Å². The highest BCUT2D eigenvalue weighted by atomic mass is 32.2. The number of carbonyl (C=O) groups is 1. The van der Waals surface area contributed by atoms with Gasteiger partial charge in [-0.1, -0.05) is 0 Å². The summed E-state index contributed by atoms with van der Waals surface area (Å²) in [6, 6.07) is 2.94. The van der Waals surface area contributed by atoms with Gasteiger partial charge in [0, 0.05) is 11.7 Å². The van der Waals surface area contributed by atoms with Crippen molar-refractivity contribution in [1.29, 1.82) is 0 Å². The van der Waals surface area contributed by atoms with Crippen molar-refractivity contribution in [3.8, 4) is 5.75 Å². The fourth-order valence-corrected chi connectivity index (χ4v) is 3.94. The summed E-state index contributed by atoms with van der Waals surface area (Å²) in [5, 5.41) is 8.74. The molecule has 1 aliphatic rings. The molecule has 8 heteroatoms. The molecule has 0 unspecified atom stereocenters. The molecule has 0 amide bonds. The summed E-state index contributed by atoms with van der Waals surface area (Å²) in [5.74, 6) is -0.423. The summed E-state index contributed by atoms with van der Waals surface area (Å²) < 4.78 is 28.1. The van der Waals surface area contributed by atoms with Crippen molar-refractivity contribution in [1.82, 2.24) is 4.98 Å². The number of fused-ring (bicyclic) bond motifs is 3. The van der Waals surface area contributed by atoms with Gasteiger partial charge in [-0.15, -0.1) is 0 Å². The Morgan fingerprint density at radius 2 is 2.10 bits per heavy atom. The molecule has 2 N–H and O–H groups in total. The topological polar surface area (TPSA) is 114 Å². The Balaban J connectivity index is 2.37. The smallest absolute Gasteiger partial charge is 0.449 e. The fraction of sp³-hybridized carbons (Fsp3) is 0.167. The van der Waals surface area contributed by atoms with Crippen LogP contribution in [0.2, 0.25) is 0 Å². The number of carboxylic acid groups (broad SMARTS) is 1. The van der Waals surface area contributed by atoms with Crippen LogP contribution in [0, 0.1) is 0 Å². The number of sulfone groups is 1. The second-order valence-electron chi connectivity index (χ2n) is 4.38. The molecule has 0 spiro atoms. The number of aromatic nitrogens is 1. The second-order valence-corrected chi connectivity index (χ2v) is 6.46. The van der Waals surface area contributed by atoms with Gasteiger partial charge in [0.05, 0.1) is 16.0 Å². The monoisotopic (exact) mass is 295 g/mol. The summed E-state index contributed by atoms with van der Waals surface area (Å²) in [6.45, 7) is 0. The predicted octanol–water partition coefficient (Wildman–Crippen LogP) is 0.915. The molecule has 1 aromatic heterocycles. The third kappa shape index (κ3) is 1.76. The predicted molar refractivity (Wildman–Crippen MR) is 69.0 cm³/mol. The number of benzene rings is 1. The van der Waals surface area contributed by atoms with Gasteiger partial charge in [0.1, 0.15) is 0 Å². The maximum absolute atomic E-state index is 12.2. The zero-order chi connectivity index (χ0) is 14.5. The Morgan fingerprint density at radius 3 is 2.80 bits per heavy atom. The average Bonchev–Trinajstić information content (AvgIpc) is 2.68. The number of aryl methyl sites for hydroxylation is 1. The summed E-state index contributed by atoms with van der Waals surface area (Å²) >= 11 is 0. The van der Waals surface area contributed by atoms with E-state index in [0.717, 1.165) is 6.20 Å². The third-order valence-electron chi connectivity index (χ3n) is 3.23. The van der Waals surface area contributed by atoms with E-state index in [2.05, 4.69) is 9.72 Å². The number of aromatic amines is 1. The molecular formula is C12H9NO6S. The van der Waals surface area contributed by atoms with Crippen LogP contribution in [-0.2, 0) is 16.3 Å². The summed E-state index contributed by atoms with van der Waals surface area (Å²) in [7, 11) is -3.36. The van der Waals surface area contributed by atoms with E-state index in [9.17, 15) is 18.0 Å². The van der Waals surface area contributed by atoms with E-state index in [4.69, 9.17) is 5.11 Å². The molecule has 20 heavy (non-hydrogen) atoms. The van der Waals surface area contributed by atoms with Crippen LogP contribution < -0.4 is 10.2 Å². The number of hydrogen-bond acceptors (Lipinski definition) is 5. The van der Waals surface area contributed by atoms with Gasteiger partial charge in [0.2, 0.25) is 5.43 Å². The maximum Gasteiger partial charge on any atom is 0.511 e. The Hall–Kier alpha value is -2.35. The van der Waals surface area contributed by atoms with Crippen LogP contribution in [-0.4, -0.2) is 30.4 Å². The van der Waals surface area contributed by atoms with Crippen molar-refractivity contribution < 1.29 is 23.1 Å². The summed E-state index contributed by atoms with van der Waals surface area (Å²) in [5.41, 5.74) is 0.235. The minimum absolute atomic E-state index is 0.0507. The first-order valence-electron chi connectivity index (χ1n) is 5.71. The lowest BCUT2D eigenvalue weighted by Crippen LogP contribution is -2.14. The van der Waals surface area contributed by atoms with Crippen LogP contribution in [0.25, 0.3) is 10.9 Å². The first kappa shape index (κ1) is 12.7. The van der Waals surface area contributed by atoms with Gasteiger partial charge in [-0.2, -0.15) is 0 Å². The van der Waals surface area contributed by atoms with E-state index in [0.29, 0.717) is 11.1 Å². The minimum Gasteiger partial charge on any atom is -0.449 e. The number of H-pyrrole nitrogens is 1. The first-order valence-corrected chi connectivity index (χ1v) is 7.36. The van der Waals surface area contributed by atoms with Gasteiger partial charge in [-0.3, -0.25) is 4.79 Å². The highest BCUT2D eigenvalue weighted by molar-refractivity contribution is 7.91. The Kier molecular flexibility index (Phi) is 2.58. The zero-order valence-electron chi connectivity index (χ0n) is 10.0. The van der Waals surface area contributed by atoms with E-state index in [1.54, 1.807) is 0 Å². The van der Waals surface area contributed by atoms with Crippen LogP contribution in [0.5, 0.6) is 5.75 Å². The molecule has 1 aromatic carbocycles. The van der Waals surface area contributed by atoms with E-state index in [1.165, 1.54) is 12.1 Å². The average molecular weight is 295 g/mol. The van der Waals surface area contributed by atoms with Gasteiger partial charge >= 0.3 is 6.16 Å². The molecule has 0 fully saturated rings. The molecule has 1 aliphatic heterocycles. The molecule has 0 radical (unpaired) electrons. The SMILES string of the molecule is O=C(O)Oc1c[nH]c2ccc3c(c2c1=O)CCS3(=O)=O. The molecule has 0 saturated heterocycles. The van der Waals surface area contributed by atoms with E-state index < -0.39 is 21.4 Å². The maximum atomic E-state index is 12.2. The van der Waals surface area contributed by atoms with Crippen molar-refractivity contribution >= 4 is 26.9 Å². The van der Waals surface area contributed by atoms with Crippen molar-refractivity contribution in [2.75, 3.05) is 5.75 Å². The normalized spacial score (nSPS) is 16.0. The lowest BCUT2D eigenvalue weighted by atomic mass is 10.1. The molecule has 7 nitrogen and oxygen atoms in total. The second kappa shape index (κ2) is 4.07. The standard InChI is InChI=1S/C12H9NO6S/c14-11-8(19-12(15)16)5-13-7-1-2-9-6(10(7)11)3-4-20(9,17)18/h1-2,5H,3-4H2,(H,13,14)(H,15,16). The molecule has 0 bridgehead atoms. The van der Waals surface area contributed by atoms with Crippen LogP contribution in [0.3, 0.4) is 0 Å². The van der Waals surface area contributed by atoms with Crippen molar-refractivity contribution in [2.24, 2.45) is 0 Å². The highest BCUT2D eigenvalue weighted by Gasteiger charge is 2.29. The third-order valence-corrected chi connectivity index (χ3v) is 5.03. The molecule has 104 valence electrons. The zero-order valence-corrected chi connectivity index (χ0v) is 10.9. The fourth-order valence-electron chi connectivity index (χ4n) is 2.40. The summed E-state index contributed by atoms with van der Waals surface area (Å²) in [4.78, 5) is 25.6. The Morgan fingerprint density at radius 1 is 1.35 bits per heavy atom. The van der Waals surface area contributed by atoms with Crippen LogP contribution >= 0.6 is 0 Å². The van der Waals surface area contributed by atoms with Crippen molar-refractivity contribution in [3.05, 3.63) is 34.1 Å². The number of nitrogens with one attached hydrogen (secondary N) is 1. The first-order chi connectivity index (χ1) is 9.40. The molecule has 3 rings (SSSR count). The van der Waals surface area contributed by atoms with Gasteiger partial charge in [-0.05, 0) is 24.1 Å². The van der Waals surface area contributed by atoms with Gasteiger partial charge in [-0.25, -0.2) is 13.2 Å². The molecule has 2 aromatic rings. The molecule has 0 aliphatic carbocycles. The summed E-state index contributed by atoms with van der Waals surface area (Å²) in [6.07, 6.45) is -0.224. The van der Waals surface area contributed by atoms with E-state index >= 15 is 0 Å². The number of ether oxygens (including phenoxy) is 1. The lowest BCUT2D eigenvalue weighted by molar-refractivity contribution is 0.144. The highest BCUT2D eigenvalue weighted by Crippen LogP contribution is 2.30. The van der Waals surface area contributed by atoms with Gasteiger partial charge in [0.25, 0.3) is 0 Å². The number of pyridine rings is 1. The molecule has 0 saturated carbocycles. The lowest BCUT2D eigenvalue weighted by Gasteiger charge is -2.06. The number of hydrogen-bond donors (Lipinski definition) is 2. The Bertz CT molecular complexity index is 896. The molecular weight excluding hydrogens is 286 g/mol. The van der Waals surface area contributed by atoms with Crippen molar-refractivity contribution in [2.45, 2.75) is 11.3 Å². The van der Waals surface area contributed by atoms with Crippen molar-refractivity contribution in [3.63, 3.8) is 0 Å². The van der Waals surface area contributed by atoms with E-state index in [-0.39, 0.29) is 28.2 Å². The van der Waals surface area contributed by atoms with Gasteiger partial charge in [0.15, 0.2) is 15.6 Å². The van der Waals surface area contributed by atoms with E-state index in [1.807, 2.05) is 0 Å². The molecule has 2 heterocycles. The number of rotatable bonds is 1. The van der Waals surface area contributed by atoms with Gasteiger partial charge < -0.3 is 14.8 Å². The van der Waals surface area contributed by atoms with Crippen LogP contribution in [0.1, 0.15) is 5.56 Å².